The Labute approximate surface area is 136 Å². The highest BCUT2D eigenvalue weighted by molar-refractivity contribution is 7.92. The normalized spacial score (nSPS) is 11.3. The van der Waals surface area contributed by atoms with E-state index in [4.69, 9.17) is 0 Å². The van der Waals surface area contributed by atoms with Gasteiger partial charge >= 0.3 is 5.97 Å². The summed E-state index contributed by atoms with van der Waals surface area (Å²) in [7, 11) is -3.87. The lowest BCUT2D eigenvalue weighted by atomic mass is 10.0. The van der Waals surface area contributed by atoms with Crippen LogP contribution in [0, 0.1) is 27.7 Å². The van der Waals surface area contributed by atoms with Gasteiger partial charge in [-0.15, -0.1) is 0 Å². The molecule has 2 N–H and O–H groups in total. The molecule has 2 aromatic carbocycles. The average molecular weight is 333 g/mol. The molecule has 0 saturated carbocycles. The van der Waals surface area contributed by atoms with E-state index in [1.54, 1.807) is 45.9 Å². The fourth-order valence-electron chi connectivity index (χ4n) is 2.46. The molecule has 0 aliphatic carbocycles. The monoisotopic (exact) mass is 333 g/mol. The van der Waals surface area contributed by atoms with Gasteiger partial charge in [0.15, 0.2) is 0 Å². The van der Waals surface area contributed by atoms with Crippen molar-refractivity contribution in [3.8, 4) is 0 Å². The second-order valence-electron chi connectivity index (χ2n) is 5.68. The van der Waals surface area contributed by atoms with Crippen molar-refractivity contribution in [3.05, 3.63) is 58.1 Å². The standard InChI is InChI=1S/C17H19NO4S/c1-10-5-6-12(3)15(9-10)23(21,22)18-16-13(4)7-11(2)8-14(16)17(19)20/h5-9,18H,1-4H3,(H,19,20). The fourth-order valence-corrected chi connectivity index (χ4v) is 3.94. The number of sulfonamides is 1. The Hall–Kier alpha value is -2.34. The first-order chi connectivity index (χ1) is 10.6. The van der Waals surface area contributed by atoms with Crippen LogP contribution < -0.4 is 4.72 Å². The zero-order valence-electron chi connectivity index (χ0n) is 13.5. The third-order valence-electron chi connectivity index (χ3n) is 3.58. The Morgan fingerprint density at radius 1 is 0.957 bits per heavy atom. The molecule has 2 rings (SSSR count). The number of aromatic carboxylic acids is 1. The van der Waals surface area contributed by atoms with Crippen LogP contribution in [0.15, 0.2) is 35.2 Å². The number of carbonyl (C=O) groups is 1. The summed E-state index contributed by atoms with van der Waals surface area (Å²) in [6, 6.07) is 8.32. The third kappa shape index (κ3) is 3.53. The van der Waals surface area contributed by atoms with Gasteiger partial charge in [-0.3, -0.25) is 4.72 Å². The van der Waals surface area contributed by atoms with Crippen LogP contribution >= 0.6 is 0 Å². The number of carboxylic acids is 1. The van der Waals surface area contributed by atoms with Crippen molar-refractivity contribution in [2.75, 3.05) is 4.72 Å². The smallest absolute Gasteiger partial charge is 0.337 e. The van der Waals surface area contributed by atoms with E-state index in [-0.39, 0.29) is 16.1 Å². The molecule has 0 radical (unpaired) electrons. The summed E-state index contributed by atoms with van der Waals surface area (Å²) in [5.41, 5.74) is 2.78. The van der Waals surface area contributed by atoms with E-state index in [1.165, 1.54) is 6.07 Å². The minimum Gasteiger partial charge on any atom is -0.478 e. The minimum absolute atomic E-state index is 0.0589. The van der Waals surface area contributed by atoms with Crippen LogP contribution in [0.1, 0.15) is 32.6 Å². The molecule has 23 heavy (non-hydrogen) atoms. The van der Waals surface area contributed by atoms with Gasteiger partial charge in [0, 0.05) is 0 Å². The summed E-state index contributed by atoms with van der Waals surface area (Å²) in [6.45, 7) is 6.95. The molecule has 6 heteroatoms. The largest absolute Gasteiger partial charge is 0.478 e. The molecular formula is C17H19NO4S. The van der Waals surface area contributed by atoms with E-state index in [2.05, 4.69) is 4.72 Å². The minimum atomic E-state index is -3.87. The number of anilines is 1. The molecular weight excluding hydrogens is 314 g/mol. The molecule has 5 nitrogen and oxygen atoms in total. The Bertz CT molecular complexity index is 886. The van der Waals surface area contributed by atoms with Crippen LogP contribution in [0.4, 0.5) is 5.69 Å². The molecule has 0 saturated heterocycles. The quantitative estimate of drug-likeness (QED) is 0.898. The number of rotatable bonds is 4. The second kappa shape index (κ2) is 6.04. The molecule has 0 bridgehead atoms. The fraction of sp³-hybridized carbons (Fsp3) is 0.235. The van der Waals surface area contributed by atoms with Crippen molar-refractivity contribution in [1.29, 1.82) is 0 Å². The molecule has 0 spiro atoms. The van der Waals surface area contributed by atoms with Crippen LogP contribution in [0.3, 0.4) is 0 Å². The van der Waals surface area contributed by atoms with Crippen LogP contribution in [-0.2, 0) is 10.0 Å². The van der Waals surface area contributed by atoms with Gasteiger partial charge in [0.2, 0.25) is 0 Å². The highest BCUT2D eigenvalue weighted by Crippen LogP contribution is 2.27. The molecule has 0 aliphatic rings. The molecule has 0 unspecified atom stereocenters. The molecule has 2 aromatic rings. The van der Waals surface area contributed by atoms with E-state index in [0.717, 1.165) is 11.1 Å². The number of hydrogen-bond acceptors (Lipinski definition) is 3. The third-order valence-corrected chi connectivity index (χ3v) is 5.07. The highest BCUT2D eigenvalue weighted by Gasteiger charge is 2.22. The predicted octanol–water partition coefficient (Wildman–Crippen LogP) is 3.42. The van der Waals surface area contributed by atoms with Gasteiger partial charge in [-0.1, -0.05) is 18.2 Å². The molecule has 0 heterocycles. The molecule has 0 aliphatic heterocycles. The highest BCUT2D eigenvalue weighted by atomic mass is 32.2. The van der Waals surface area contributed by atoms with E-state index in [9.17, 15) is 18.3 Å². The summed E-state index contributed by atoms with van der Waals surface area (Å²) in [4.78, 5) is 11.6. The summed E-state index contributed by atoms with van der Waals surface area (Å²) < 4.78 is 27.8. The van der Waals surface area contributed by atoms with Gasteiger partial charge in [0.1, 0.15) is 0 Å². The molecule has 122 valence electrons. The van der Waals surface area contributed by atoms with Crippen molar-refractivity contribution in [1.82, 2.24) is 0 Å². The summed E-state index contributed by atoms with van der Waals surface area (Å²) in [6.07, 6.45) is 0. The maximum absolute atomic E-state index is 12.7. The summed E-state index contributed by atoms with van der Waals surface area (Å²) in [5.74, 6) is -1.17. The first-order valence-electron chi connectivity index (χ1n) is 7.06. The zero-order valence-corrected chi connectivity index (χ0v) is 14.3. The van der Waals surface area contributed by atoms with Crippen molar-refractivity contribution in [3.63, 3.8) is 0 Å². The van der Waals surface area contributed by atoms with Crippen LogP contribution in [0.5, 0.6) is 0 Å². The van der Waals surface area contributed by atoms with Gasteiger partial charge in [-0.05, 0) is 62.1 Å². The lowest BCUT2D eigenvalue weighted by Gasteiger charge is -2.15. The van der Waals surface area contributed by atoms with Crippen molar-refractivity contribution in [2.24, 2.45) is 0 Å². The maximum atomic E-state index is 12.7. The van der Waals surface area contributed by atoms with E-state index in [0.29, 0.717) is 11.1 Å². The summed E-state index contributed by atoms with van der Waals surface area (Å²) in [5, 5.41) is 9.35. The average Bonchev–Trinajstić information content (AvgIpc) is 2.43. The van der Waals surface area contributed by atoms with Gasteiger partial charge < -0.3 is 5.11 Å². The van der Waals surface area contributed by atoms with Gasteiger partial charge in [-0.2, -0.15) is 0 Å². The van der Waals surface area contributed by atoms with Crippen molar-refractivity contribution in [2.45, 2.75) is 32.6 Å². The van der Waals surface area contributed by atoms with Crippen LogP contribution in [0.25, 0.3) is 0 Å². The molecule has 0 aromatic heterocycles. The van der Waals surface area contributed by atoms with E-state index < -0.39 is 16.0 Å². The van der Waals surface area contributed by atoms with Crippen molar-refractivity contribution < 1.29 is 18.3 Å². The van der Waals surface area contributed by atoms with Crippen LogP contribution in [-0.4, -0.2) is 19.5 Å². The first kappa shape index (κ1) is 17.0. The Kier molecular flexibility index (Phi) is 4.47. The molecule has 0 atom stereocenters. The SMILES string of the molecule is Cc1cc(C)c(NS(=O)(=O)c2cc(C)ccc2C)c(C(=O)O)c1. The summed E-state index contributed by atoms with van der Waals surface area (Å²) >= 11 is 0. The molecule has 0 amide bonds. The number of aryl methyl sites for hydroxylation is 4. The Balaban J connectivity index is 2.58. The zero-order chi connectivity index (χ0) is 17.4. The maximum Gasteiger partial charge on any atom is 0.337 e. The lowest BCUT2D eigenvalue weighted by molar-refractivity contribution is 0.0698. The van der Waals surface area contributed by atoms with E-state index in [1.807, 2.05) is 6.07 Å². The number of carboxylic acid groups (broad SMARTS) is 1. The van der Waals surface area contributed by atoms with Gasteiger partial charge in [-0.25, -0.2) is 13.2 Å². The van der Waals surface area contributed by atoms with E-state index >= 15 is 0 Å². The number of nitrogens with one attached hydrogen (secondary N) is 1. The van der Waals surface area contributed by atoms with Crippen molar-refractivity contribution >= 4 is 21.7 Å². The first-order valence-corrected chi connectivity index (χ1v) is 8.55. The lowest BCUT2D eigenvalue weighted by Crippen LogP contribution is -2.18. The number of benzene rings is 2. The Morgan fingerprint density at radius 2 is 1.61 bits per heavy atom. The van der Waals surface area contributed by atoms with Gasteiger partial charge in [0.05, 0.1) is 16.1 Å². The molecule has 0 fully saturated rings. The van der Waals surface area contributed by atoms with Gasteiger partial charge in [0.25, 0.3) is 10.0 Å². The van der Waals surface area contributed by atoms with Crippen LogP contribution in [0.2, 0.25) is 0 Å². The predicted molar refractivity (Wildman–Crippen MR) is 89.6 cm³/mol. The topological polar surface area (TPSA) is 83.5 Å². The second-order valence-corrected chi connectivity index (χ2v) is 7.33. The number of hydrogen-bond donors (Lipinski definition) is 2. The Morgan fingerprint density at radius 3 is 2.22 bits per heavy atom.